The van der Waals surface area contributed by atoms with Gasteiger partial charge in [0.05, 0.1) is 7.11 Å². The Hall–Kier alpha value is -3.51. The molecule has 0 bridgehead atoms. The van der Waals surface area contributed by atoms with Crippen molar-refractivity contribution in [2.24, 2.45) is 0 Å². The van der Waals surface area contributed by atoms with Gasteiger partial charge in [-0.1, -0.05) is 60.1 Å². The van der Waals surface area contributed by atoms with Gasteiger partial charge in [-0.15, -0.1) is 0 Å². The van der Waals surface area contributed by atoms with Crippen molar-refractivity contribution < 1.29 is 19.1 Å². The monoisotopic (exact) mass is 494 g/mol. The molecule has 2 amide bonds. The molecule has 0 aromatic heterocycles. The Morgan fingerprint density at radius 2 is 1.54 bits per heavy atom. The molecule has 0 radical (unpaired) electrons. The van der Waals surface area contributed by atoms with Crippen LogP contribution in [0.5, 0.6) is 11.5 Å². The van der Waals surface area contributed by atoms with E-state index in [1.807, 2.05) is 62.4 Å². The number of methoxy groups -OCH3 is 1. The first-order valence-corrected chi connectivity index (χ1v) is 11.9. The number of amides is 2. The Morgan fingerprint density at radius 3 is 2.17 bits per heavy atom. The standard InChI is InChI=1S/C28H31ClN2O4/c1-20(2)30-28(33)26(17-21-9-5-4-6-10-21)31(18-22-11-7-8-12-25(22)29)27(32)19-35-24-15-13-23(34-3)14-16-24/h4-16,20,26H,17-19H2,1-3H3,(H,30,33). The van der Waals surface area contributed by atoms with Crippen LogP contribution in [0.2, 0.25) is 5.02 Å². The van der Waals surface area contributed by atoms with Gasteiger partial charge in [-0.25, -0.2) is 0 Å². The third-order valence-electron chi connectivity index (χ3n) is 5.42. The largest absolute Gasteiger partial charge is 0.497 e. The lowest BCUT2D eigenvalue weighted by molar-refractivity contribution is -0.143. The van der Waals surface area contributed by atoms with Crippen LogP contribution in [-0.4, -0.2) is 42.5 Å². The quantitative estimate of drug-likeness (QED) is 0.412. The van der Waals surface area contributed by atoms with Gasteiger partial charge >= 0.3 is 0 Å². The Kier molecular flexibility index (Phi) is 9.56. The van der Waals surface area contributed by atoms with Crippen LogP contribution < -0.4 is 14.8 Å². The first kappa shape index (κ1) is 26.1. The maximum absolute atomic E-state index is 13.5. The van der Waals surface area contributed by atoms with Gasteiger partial charge in [0.2, 0.25) is 5.91 Å². The smallest absolute Gasteiger partial charge is 0.261 e. The number of carbonyl (C=O) groups is 2. The third-order valence-corrected chi connectivity index (χ3v) is 5.79. The van der Waals surface area contributed by atoms with Crippen molar-refractivity contribution in [3.63, 3.8) is 0 Å². The fraction of sp³-hybridized carbons (Fsp3) is 0.286. The first-order chi connectivity index (χ1) is 16.9. The summed E-state index contributed by atoms with van der Waals surface area (Å²) in [7, 11) is 1.58. The SMILES string of the molecule is COc1ccc(OCC(=O)N(Cc2ccccc2Cl)C(Cc2ccccc2)C(=O)NC(C)C)cc1. The minimum atomic E-state index is -0.747. The zero-order valence-corrected chi connectivity index (χ0v) is 21.0. The molecule has 3 rings (SSSR count). The maximum atomic E-state index is 13.5. The second kappa shape index (κ2) is 12.8. The van der Waals surface area contributed by atoms with E-state index in [-0.39, 0.29) is 31.0 Å². The van der Waals surface area contributed by atoms with E-state index in [0.717, 1.165) is 11.1 Å². The van der Waals surface area contributed by atoms with Crippen molar-refractivity contribution in [2.75, 3.05) is 13.7 Å². The molecular weight excluding hydrogens is 464 g/mol. The average molecular weight is 495 g/mol. The number of nitrogens with zero attached hydrogens (tertiary/aromatic N) is 1. The third kappa shape index (κ3) is 7.76. The number of rotatable bonds is 11. The van der Waals surface area contributed by atoms with Gasteiger partial charge in [-0.2, -0.15) is 0 Å². The van der Waals surface area contributed by atoms with Crippen molar-refractivity contribution in [2.45, 2.75) is 38.9 Å². The van der Waals surface area contributed by atoms with Crippen molar-refractivity contribution in [3.05, 3.63) is 95.0 Å². The predicted molar refractivity (Wildman–Crippen MR) is 138 cm³/mol. The van der Waals surface area contributed by atoms with Gasteiger partial charge in [0.1, 0.15) is 17.5 Å². The Morgan fingerprint density at radius 1 is 0.914 bits per heavy atom. The first-order valence-electron chi connectivity index (χ1n) is 11.5. The van der Waals surface area contributed by atoms with E-state index in [9.17, 15) is 9.59 Å². The topological polar surface area (TPSA) is 67.9 Å². The zero-order chi connectivity index (χ0) is 25.2. The Balaban J connectivity index is 1.89. The van der Waals surface area contributed by atoms with Crippen LogP contribution in [0, 0.1) is 0 Å². The molecular formula is C28H31ClN2O4. The van der Waals surface area contributed by atoms with Crippen molar-refractivity contribution in [1.82, 2.24) is 10.2 Å². The van der Waals surface area contributed by atoms with Crippen LogP contribution in [0.3, 0.4) is 0 Å². The lowest BCUT2D eigenvalue weighted by Gasteiger charge is -2.32. The fourth-order valence-corrected chi connectivity index (χ4v) is 3.84. The Labute approximate surface area is 211 Å². The average Bonchev–Trinajstić information content (AvgIpc) is 2.86. The number of hydrogen-bond donors (Lipinski definition) is 1. The van der Waals surface area contributed by atoms with Gasteiger partial charge in [0, 0.05) is 24.0 Å². The molecule has 1 unspecified atom stereocenters. The maximum Gasteiger partial charge on any atom is 0.261 e. The van der Waals surface area contributed by atoms with Crippen LogP contribution >= 0.6 is 11.6 Å². The second-order valence-electron chi connectivity index (χ2n) is 8.45. The molecule has 0 spiro atoms. The molecule has 1 N–H and O–H groups in total. The predicted octanol–water partition coefficient (Wildman–Crippen LogP) is 4.89. The summed E-state index contributed by atoms with van der Waals surface area (Å²) in [6.45, 7) is 3.74. The van der Waals surface area contributed by atoms with Gasteiger partial charge in [0.25, 0.3) is 5.91 Å². The van der Waals surface area contributed by atoms with Crippen molar-refractivity contribution in [3.8, 4) is 11.5 Å². The summed E-state index contributed by atoms with van der Waals surface area (Å²) in [5.74, 6) is 0.676. The minimum Gasteiger partial charge on any atom is -0.497 e. The second-order valence-corrected chi connectivity index (χ2v) is 8.85. The van der Waals surface area contributed by atoms with Crippen molar-refractivity contribution in [1.29, 1.82) is 0 Å². The lowest BCUT2D eigenvalue weighted by Crippen LogP contribution is -2.52. The van der Waals surface area contributed by atoms with E-state index in [1.165, 1.54) is 0 Å². The number of halogens is 1. The normalized spacial score (nSPS) is 11.6. The molecule has 0 aliphatic carbocycles. The highest BCUT2D eigenvalue weighted by atomic mass is 35.5. The summed E-state index contributed by atoms with van der Waals surface area (Å²) in [5, 5.41) is 3.50. The van der Waals surface area contributed by atoms with Crippen LogP contribution in [-0.2, 0) is 22.6 Å². The summed E-state index contributed by atoms with van der Waals surface area (Å²) in [4.78, 5) is 28.4. The number of nitrogens with one attached hydrogen (secondary N) is 1. The zero-order valence-electron chi connectivity index (χ0n) is 20.2. The summed E-state index contributed by atoms with van der Waals surface area (Å²) in [5.41, 5.74) is 1.70. The molecule has 35 heavy (non-hydrogen) atoms. The molecule has 0 fully saturated rings. The minimum absolute atomic E-state index is 0.0754. The van der Waals surface area contributed by atoms with Crippen LogP contribution in [0.15, 0.2) is 78.9 Å². The molecule has 6 nitrogen and oxygen atoms in total. The lowest BCUT2D eigenvalue weighted by atomic mass is 10.0. The van der Waals surface area contributed by atoms with E-state index in [0.29, 0.717) is 22.9 Å². The van der Waals surface area contributed by atoms with Gasteiger partial charge in [-0.3, -0.25) is 9.59 Å². The van der Waals surface area contributed by atoms with Gasteiger partial charge < -0.3 is 19.7 Å². The molecule has 3 aromatic rings. The van der Waals surface area contributed by atoms with E-state index in [1.54, 1.807) is 42.3 Å². The summed E-state index contributed by atoms with van der Waals surface area (Å²) in [6, 6.07) is 23.1. The molecule has 0 saturated heterocycles. The number of carbonyl (C=O) groups excluding carboxylic acids is 2. The molecule has 0 aliphatic heterocycles. The van der Waals surface area contributed by atoms with Crippen LogP contribution in [0.25, 0.3) is 0 Å². The summed E-state index contributed by atoms with van der Waals surface area (Å²) < 4.78 is 10.9. The molecule has 184 valence electrons. The van der Waals surface area contributed by atoms with E-state index in [4.69, 9.17) is 21.1 Å². The Bertz CT molecular complexity index is 1100. The summed E-state index contributed by atoms with van der Waals surface area (Å²) in [6.07, 6.45) is 0.359. The molecule has 1 atom stereocenters. The highest BCUT2D eigenvalue weighted by Gasteiger charge is 2.31. The number of ether oxygens (including phenoxy) is 2. The molecule has 7 heteroatoms. The van der Waals surface area contributed by atoms with E-state index < -0.39 is 6.04 Å². The highest BCUT2D eigenvalue weighted by molar-refractivity contribution is 6.31. The van der Waals surface area contributed by atoms with E-state index >= 15 is 0 Å². The molecule has 3 aromatic carbocycles. The van der Waals surface area contributed by atoms with Crippen LogP contribution in [0.4, 0.5) is 0 Å². The molecule has 0 saturated carbocycles. The van der Waals surface area contributed by atoms with Gasteiger partial charge in [0.15, 0.2) is 6.61 Å². The molecule has 0 heterocycles. The van der Waals surface area contributed by atoms with Crippen molar-refractivity contribution >= 4 is 23.4 Å². The summed E-state index contributed by atoms with van der Waals surface area (Å²) >= 11 is 6.42. The van der Waals surface area contributed by atoms with Gasteiger partial charge in [-0.05, 0) is 55.3 Å². The highest BCUT2D eigenvalue weighted by Crippen LogP contribution is 2.22. The van der Waals surface area contributed by atoms with Crippen LogP contribution in [0.1, 0.15) is 25.0 Å². The van der Waals surface area contributed by atoms with E-state index in [2.05, 4.69) is 5.32 Å². The number of benzene rings is 3. The fourth-order valence-electron chi connectivity index (χ4n) is 3.64. The molecule has 0 aliphatic rings. The number of hydrogen-bond acceptors (Lipinski definition) is 4.